The zero-order chi connectivity index (χ0) is 26.7. The molecule has 2 amide bonds. The van der Waals surface area contributed by atoms with E-state index in [0.29, 0.717) is 43.3 Å². The molecule has 2 rings (SSSR count). The Bertz CT molecular complexity index is 1070. The summed E-state index contributed by atoms with van der Waals surface area (Å²) in [4.78, 5) is 27.6. The Morgan fingerprint density at radius 1 is 0.972 bits per heavy atom. The molecule has 2 aromatic carbocycles. The summed E-state index contributed by atoms with van der Waals surface area (Å²) in [6.45, 7) is 6.85. The van der Waals surface area contributed by atoms with Gasteiger partial charge in [-0.15, -0.1) is 0 Å². The number of nitrogens with one attached hydrogen (secondary N) is 1. The molecule has 0 fully saturated rings. The van der Waals surface area contributed by atoms with Crippen LogP contribution in [0.25, 0.3) is 0 Å². The quantitative estimate of drug-likeness (QED) is 0.414. The number of amides is 2. The van der Waals surface area contributed by atoms with E-state index in [9.17, 15) is 18.0 Å². The van der Waals surface area contributed by atoms with E-state index in [1.807, 2.05) is 44.2 Å². The molecule has 1 atom stereocenters. The summed E-state index contributed by atoms with van der Waals surface area (Å²) in [5.74, 6) is 0.554. The van der Waals surface area contributed by atoms with Gasteiger partial charge in [-0.05, 0) is 55.5 Å². The van der Waals surface area contributed by atoms with Crippen molar-refractivity contribution in [2.75, 3.05) is 37.3 Å². The second-order valence-corrected chi connectivity index (χ2v) is 11.2. The molecule has 0 aliphatic carbocycles. The van der Waals surface area contributed by atoms with Crippen LogP contribution in [0.2, 0.25) is 0 Å². The Labute approximate surface area is 215 Å². The Hall–Kier alpha value is -3.07. The third kappa shape index (κ3) is 9.18. The predicted octanol–water partition coefficient (Wildman–Crippen LogP) is 3.47. The Morgan fingerprint density at radius 3 is 2.17 bits per heavy atom. The molecule has 0 heterocycles. The highest BCUT2D eigenvalue weighted by molar-refractivity contribution is 7.92. The monoisotopic (exact) mass is 517 g/mol. The third-order valence-electron chi connectivity index (χ3n) is 5.85. The van der Waals surface area contributed by atoms with Crippen LogP contribution in [0.3, 0.4) is 0 Å². The summed E-state index contributed by atoms with van der Waals surface area (Å²) in [6.07, 6.45) is 2.21. The molecule has 1 N–H and O–H groups in total. The van der Waals surface area contributed by atoms with E-state index in [-0.39, 0.29) is 24.8 Å². The van der Waals surface area contributed by atoms with Crippen LogP contribution in [0.1, 0.15) is 39.2 Å². The number of methoxy groups -OCH3 is 1. The summed E-state index contributed by atoms with van der Waals surface area (Å²) >= 11 is 0. The number of ether oxygens (including phenoxy) is 1. The maximum absolute atomic E-state index is 13.3. The lowest BCUT2D eigenvalue weighted by atomic mass is 10.1. The molecule has 9 heteroatoms. The first-order chi connectivity index (χ1) is 17.0. The highest BCUT2D eigenvalue weighted by atomic mass is 32.2. The van der Waals surface area contributed by atoms with E-state index < -0.39 is 16.1 Å². The number of anilines is 1. The molecule has 0 saturated carbocycles. The van der Waals surface area contributed by atoms with Crippen molar-refractivity contribution in [1.82, 2.24) is 10.2 Å². The van der Waals surface area contributed by atoms with Gasteiger partial charge >= 0.3 is 0 Å². The number of nitrogens with zero attached hydrogens (tertiary/aromatic N) is 2. The fraction of sp³-hybridized carbons (Fsp3) is 0.481. The van der Waals surface area contributed by atoms with Crippen molar-refractivity contribution in [1.29, 1.82) is 0 Å². The van der Waals surface area contributed by atoms with Crippen LogP contribution >= 0.6 is 0 Å². The van der Waals surface area contributed by atoms with Crippen molar-refractivity contribution in [3.8, 4) is 5.75 Å². The number of carbonyl (C=O) groups excluding carboxylic acids is 2. The molecular formula is C27H39N3O5S. The van der Waals surface area contributed by atoms with Crippen molar-refractivity contribution in [3.05, 3.63) is 60.2 Å². The number of benzene rings is 2. The van der Waals surface area contributed by atoms with E-state index in [1.54, 1.807) is 43.2 Å². The Morgan fingerprint density at radius 2 is 1.61 bits per heavy atom. The van der Waals surface area contributed by atoms with Crippen LogP contribution < -0.4 is 14.4 Å². The first-order valence-corrected chi connectivity index (χ1v) is 14.1. The lowest BCUT2D eigenvalue weighted by Gasteiger charge is -2.29. The van der Waals surface area contributed by atoms with Gasteiger partial charge in [-0.3, -0.25) is 13.9 Å². The standard InChI is InChI=1S/C27H39N3O5S/c1-21(2)20-28-27(32)22(3)29(19-17-23-10-7-6-8-11-23)26(31)12-9-18-30(36(5,33)34)24-13-15-25(35-4)16-14-24/h6-8,10-11,13-16,21-22H,9,12,17-20H2,1-5H3,(H,28,32). The van der Waals surface area contributed by atoms with E-state index in [2.05, 4.69) is 5.32 Å². The second kappa shape index (κ2) is 13.9. The minimum absolute atomic E-state index is 0.124. The minimum atomic E-state index is -3.54. The van der Waals surface area contributed by atoms with Gasteiger partial charge in [-0.1, -0.05) is 44.2 Å². The third-order valence-corrected chi connectivity index (χ3v) is 7.04. The lowest BCUT2D eigenvalue weighted by molar-refractivity contribution is -0.140. The molecule has 2 aromatic rings. The van der Waals surface area contributed by atoms with Gasteiger partial charge in [0.15, 0.2) is 0 Å². The second-order valence-electron chi connectivity index (χ2n) is 9.27. The Balaban J connectivity index is 2.09. The van der Waals surface area contributed by atoms with Gasteiger partial charge in [-0.2, -0.15) is 0 Å². The van der Waals surface area contributed by atoms with Crippen molar-refractivity contribution >= 4 is 27.5 Å². The van der Waals surface area contributed by atoms with Crippen LogP contribution in [0.5, 0.6) is 5.75 Å². The first-order valence-electron chi connectivity index (χ1n) is 12.3. The van der Waals surface area contributed by atoms with Crippen LogP contribution in [0.15, 0.2) is 54.6 Å². The van der Waals surface area contributed by atoms with Crippen LogP contribution in [-0.2, 0) is 26.0 Å². The molecule has 0 aliphatic rings. The molecule has 1 unspecified atom stereocenters. The molecule has 0 radical (unpaired) electrons. The van der Waals surface area contributed by atoms with Gasteiger partial charge in [0, 0.05) is 26.1 Å². The molecule has 0 spiro atoms. The summed E-state index contributed by atoms with van der Waals surface area (Å²) in [7, 11) is -2.00. The maximum atomic E-state index is 13.3. The molecule has 0 aromatic heterocycles. The maximum Gasteiger partial charge on any atom is 0.242 e. The van der Waals surface area contributed by atoms with Crippen molar-refractivity contribution < 1.29 is 22.7 Å². The van der Waals surface area contributed by atoms with Crippen molar-refractivity contribution in [2.45, 2.75) is 46.1 Å². The normalized spacial score (nSPS) is 12.2. The summed E-state index contributed by atoms with van der Waals surface area (Å²) in [5.41, 5.74) is 1.58. The van der Waals surface area contributed by atoms with Gasteiger partial charge < -0.3 is 15.0 Å². The molecular weight excluding hydrogens is 478 g/mol. The average molecular weight is 518 g/mol. The molecule has 198 valence electrons. The van der Waals surface area contributed by atoms with Crippen molar-refractivity contribution in [3.63, 3.8) is 0 Å². The van der Waals surface area contributed by atoms with Crippen LogP contribution in [-0.4, -0.2) is 64.2 Å². The van der Waals surface area contributed by atoms with Gasteiger partial charge in [0.1, 0.15) is 11.8 Å². The Kier molecular flexibility index (Phi) is 11.2. The average Bonchev–Trinajstić information content (AvgIpc) is 2.85. The van der Waals surface area contributed by atoms with Gasteiger partial charge in [0.2, 0.25) is 21.8 Å². The smallest absolute Gasteiger partial charge is 0.242 e. The number of sulfonamides is 1. The number of hydrogen-bond acceptors (Lipinski definition) is 5. The summed E-state index contributed by atoms with van der Waals surface area (Å²) in [5, 5.41) is 2.91. The number of hydrogen-bond donors (Lipinski definition) is 1. The fourth-order valence-electron chi connectivity index (χ4n) is 3.77. The fourth-order valence-corrected chi connectivity index (χ4v) is 4.74. The first kappa shape index (κ1) is 29.2. The van der Waals surface area contributed by atoms with Gasteiger partial charge in [0.25, 0.3) is 0 Å². The van der Waals surface area contributed by atoms with E-state index in [0.717, 1.165) is 11.8 Å². The number of rotatable bonds is 14. The molecule has 36 heavy (non-hydrogen) atoms. The zero-order valence-corrected chi connectivity index (χ0v) is 22.8. The van der Waals surface area contributed by atoms with Crippen molar-refractivity contribution in [2.24, 2.45) is 5.92 Å². The van der Waals surface area contributed by atoms with E-state index >= 15 is 0 Å². The highest BCUT2D eigenvalue weighted by Crippen LogP contribution is 2.22. The number of carbonyl (C=O) groups is 2. The van der Waals surface area contributed by atoms with Gasteiger partial charge in [0.05, 0.1) is 19.1 Å². The molecule has 0 saturated heterocycles. The van der Waals surface area contributed by atoms with E-state index in [4.69, 9.17) is 4.74 Å². The van der Waals surface area contributed by atoms with E-state index in [1.165, 1.54) is 4.31 Å². The van der Waals surface area contributed by atoms with Gasteiger partial charge in [-0.25, -0.2) is 8.42 Å². The molecule has 0 bridgehead atoms. The largest absolute Gasteiger partial charge is 0.497 e. The highest BCUT2D eigenvalue weighted by Gasteiger charge is 2.26. The topological polar surface area (TPSA) is 96.0 Å². The summed E-state index contributed by atoms with van der Waals surface area (Å²) < 4.78 is 31.3. The zero-order valence-electron chi connectivity index (χ0n) is 21.9. The molecule has 0 aliphatic heterocycles. The van der Waals surface area contributed by atoms with Crippen LogP contribution in [0, 0.1) is 5.92 Å². The van der Waals surface area contributed by atoms with Crippen LogP contribution in [0.4, 0.5) is 5.69 Å². The SMILES string of the molecule is COc1ccc(N(CCCC(=O)N(CCc2ccccc2)C(C)C(=O)NCC(C)C)S(C)(=O)=O)cc1. The molecule has 8 nitrogen and oxygen atoms in total. The predicted molar refractivity (Wildman–Crippen MR) is 144 cm³/mol. The summed E-state index contributed by atoms with van der Waals surface area (Å²) in [6, 6.07) is 15.9. The minimum Gasteiger partial charge on any atom is -0.497 e. The lowest BCUT2D eigenvalue weighted by Crippen LogP contribution is -2.49.